The number of benzene rings is 1. The Kier molecular flexibility index (Phi) is 3.35. The van der Waals surface area contributed by atoms with Crippen molar-refractivity contribution >= 4 is 5.78 Å². The van der Waals surface area contributed by atoms with E-state index < -0.39 is 0 Å². The summed E-state index contributed by atoms with van der Waals surface area (Å²) in [6.07, 6.45) is 6.79. The molecule has 1 nitrogen and oxygen atoms in total. The van der Waals surface area contributed by atoms with Crippen LogP contribution in [0.2, 0.25) is 0 Å². The zero-order valence-corrected chi connectivity index (χ0v) is 9.57. The Labute approximate surface area is 96.5 Å². The van der Waals surface area contributed by atoms with Crippen molar-refractivity contribution in [3.63, 3.8) is 0 Å². The summed E-state index contributed by atoms with van der Waals surface area (Å²) in [4.78, 5) is 12.1. The first kappa shape index (κ1) is 10.9. The van der Waals surface area contributed by atoms with Gasteiger partial charge in [-0.15, -0.1) is 0 Å². The van der Waals surface area contributed by atoms with E-state index >= 15 is 0 Å². The molecule has 0 saturated carbocycles. The normalized spacial score (nSPS) is 15.3. The SMILES string of the molecule is CC1=CCCC=C1C(=O)Cc1ccccc1. The van der Waals surface area contributed by atoms with Crippen LogP contribution in [0.25, 0.3) is 0 Å². The van der Waals surface area contributed by atoms with Crippen LogP contribution < -0.4 is 0 Å². The van der Waals surface area contributed by atoms with Crippen LogP contribution in [-0.2, 0) is 11.2 Å². The Hall–Kier alpha value is -1.63. The van der Waals surface area contributed by atoms with Crippen LogP contribution >= 0.6 is 0 Å². The summed E-state index contributed by atoms with van der Waals surface area (Å²) >= 11 is 0. The molecule has 0 aromatic heterocycles. The van der Waals surface area contributed by atoms with Crippen molar-refractivity contribution in [2.75, 3.05) is 0 Å². The standard InChI is InChI=1S/C15H16O/c1-12-7-5-6-10-14(12)15(16)11-13-8-3-2-4-9-13/h2-4,7-10H,5-6,11H2,1H3. The van der Waals surface area contributed by atoms with Gasteiger partial charge in [0.2, 0.25) is 0 Å². The molecule has 0 unspecified atom stereocenters. The van der Waals surface area contributed by atoms with Crippen LogP contribution in [0.3, 0.4) is 0 Å². The molecule has 82 valence electrons. The third kappa shape index (κ3) is 2.48. The van der Waals surface area contributed by atoms with E-state index in [9.17, 15) is 4.79 Å². The highest BCUT2D eigenvalue weighted by Crippen LogP contribution is 2.20. The van der Waals surface area contributed by atoms with E-state index in [4.69, 9.17) is 0 Å². The zero-order valence-electron chi connectivity index (χ0n) is 9.57. The lowest BCUT2D eigenvalue weighted by molar-refractivity contribution is -0.114. The van der Waals surface area contributed by atoms with Crippen LogP contribution in [0.15, 0.2) is 53.6 Å². The molecule has 0 N–H and O–H groups in total. The average molecular weight is 212 g/mol. The molecule has 1 aromatic carbocycles. The molecule has 1 aliphatic carbocycles. The van der Waals surface area contributed by atoms with Gasteiger partial charge in [0.25, 0.3) is 0 Å². The summed E-state index contributed by atoms with van der Waals surface area (Å²) in [5.74, 6) is 0.236. The van der Waals surface area contributed by atoms with Crippen LogP contribution in [0.5, 0.6) is 0 Å². The topological polar surface area (TPSA) is 17.1 Å². The Morgan fingerprint density at radius 2 is 1.81 bits per heavy atom. The lowest BCUT2D eigenvalue weighted by atomic mass is 9.93. The lowest BCUT2D eigenvalue weighted by Gasteiger charge is -2.11. The summed E-state index contributed by atoms with van der Waals surface area (Å²) in [6, 6.07) is 9.92. The maximum Gasteiger partial charge on any atom is 0.167 e. The number of Topliss-reactive ketones (excluding diaryl/α,β-unsaturated/α-hetero) is 1. The molecule has 0 radical (unpaired) electrons. The summed E-state index contributed by atoms with van der Waals surface area (Å²) in [5, 5.41) is 0. The van der Waals surface area contributed by atoms with Crippen molar-refractivity contribution < 1.29 is 4.79 Å². The molecule has 0 atom stereocenters. The fourth-order valence-corrected chi connectivity index (χ4v) is 2.01. The molecule has 0 saturated heterocycles. The highest BCUT2D eigenvalue weighted by atomic mass is 16.1. The smallest absolute Gasteiger partial charge is 0.167 e. The lowest BCUT2D eigenvalue weighted by Crippen LogP contribution is -2.09. The summed E-state index contributed by atoms with van der Waals surface area (Å²) in [7, 11) is 0. The second kappa shape index (κ2) is 4.93. The molecule has 0 aliphatic heterocycles. The first-order chi connectivity index (χ1) is 7.77. The Morgan fingerprint density at radius 3 is 2.50 bits per heavy atom. The number of hydrogen-bond acceptors (Lipinski definition) is 1. The van der Waals surface area contributed by atoms with Gasteiger partial charge in [0, 0.05) is 12.0 Å². The monoisotopic (exact) mass is 212 g/mol. The second-order valence-electron chi connectivity index (χ2n) is 4.17. The van der Waals surface area contributed by atoms with Crippen LogP contribution in [0, 0.1) is 0 Å². The first-order valence-electron chi connectivity index (χ1n) is 5.72. The van der Waals surface area contributed by atoms with Gasteiger partial charge >= 0.3 is 0 Å². The molecular formula is C15H16O. The van der Waals surface area contributed by atoms with E-state index in [-0.39, 0.29) is 5.78 Å². The molecule has 1 aromatic rings. The van der Waals surface area contributed by atoms with Crippen LogP contribution in [0.4, 0.5) is 0 Å². The number of carbonyl (C=O) groups is 1. The number of carbonyl (C=O) groups excluding carboxylic acids is 1. The fraction of sp³-hybridized carbons (Fsp3) is 0.267. The minimum Gasteiger partial charge on any atom is -0.294 e. The highest BCUT2D eigenvalue weighted by Gasteiger charge is 2.13. The van der Waals surface area contributed by atoms with Crippen LogP contribution in [-0.4, -0.2) is 5.78 Å². The van der Waals surface area contributed by atoms with Crippen molar-refractivity contribution in [3.8, 4) is 0 Å². The number of hydrogen-bond donors (Lipinski definition) is 0. The van der Waals surface area contributed by atoms with Crippen molar-refractivity contribution in [1.82, 2.24) is 0 Å². The zero-order chi connectivity index (χ0) is 11.4. The summed E-state index contributed by atoms with van der Waals surface area (Å²) < 4.78 is 0. The van der Waals surface area contributed by atoms with Gasteiger partial charge < -0.3 is 0 Å². The Morgan fingerprint density at radius 1 is 1.12 bits per heavy atom. The third-order valence-electron chi connectivity index (χ3n) is 2.90. The number of allylic oxidation sites excluding steroid dienone is 4. The van der Waals surface area contributed by atoms with Gasteiger partial charge in [0.05, 0.1) is 0 Å². The molecular weight excluding hydrogens is 196 g/mol. The summed E-state index contributed by atoms with van der Waals surface area (Å²) in [5.41, 5.74) is 3.13. The quantitative estimate of drug-likeness (QED) is 0.749. The predicted molar refractivity (Wildman–Crippen MR) is 66.2 cm³/mol. The molecule has 1 heteroatoms. The molecule has 0 fully saturated rings. The van der Waals surface area contributed by atoms with Crippen molar-refractivity contribution in [1.29, 1.82) is 0 Å². The van der Waals surface area contributed by atoms with Gasteiger partial charge in [-0.3, -0.25) is 4.79 Å². The molecule has 0 spiro atoms. The number of ketones is 1. The Bertz CT molecular complexity index is 438. The minimum atomic E-state index is 0.236. The molecule has 1 aliphatic rings. The van der Waals surface area contributed by atoms with Gasteiger partial charge in [-0.2, -0.15) is 0 Å². The molecule has 0 heterocycles. The van der Waals surface area contributed by atoms with E-state index in [1.54, 1.807) is 0 Å². The first-order valence-corrected chi connectivity index (χ1v) is 5.72. The van der Waals surface area contributed by atoms with Gasteiger partial charge in [-0.25, -0.2) is 0 Å². The van der Waals surface area contributed by atoms with Crippen LogP contribution in [0.1, 0.15) is 25.3 Å². The molecule has 2 rings (SSSR count). The van der Waals surface area contributed by atoms with Crippen molar-refractivity contribution in [3.05, 3.63) is 59.2 Å². The largest absolute Gasteiger partial charge is 0.294 e. The van der Waals surface area contributed by atoms with Crippen molar-refractivity contribution in [2.45, 2.75) is 26.2 Å². The van der Waals surface area contributed by atoms with Crippen molar-refractivity contribution in [2.24, 2.45) is 0 Å². The van der Waals surface area contributed by atoms with Gasteiger partial charge in [0.1, 0.15) is 0 Å². The second-order valence-corrected chi connectivity index (χ2v) is 4.17. The van der Waals surface area contributed by atoms with E-state index in [0.717, 1.165) is 29.6 Å². The van der Waals surface area contributed by atoms with Gasteiger partial charge in [-0.05, 0) is 30.9 Å². The van der Waals surface area contributed by atoms with Gasteiger partial charge in [0.15, 0.2) is 5.78 Å². The molecule has 0 bridgehead atoms. The summed E-state index contributed by atoms with van der Waals surface area (Å²) in [6.45, 7) is 2.02. The maximum atomic E-state index is 12.1. The number of rotatable bonds is 3. The maximum absolute atomic E-state index is 12.1. The molecule has 0 amide bonds. The highest BCUT2D eigenvalue weighted by molar-refractivity contribution is 6.00. The Balaban J connectivity index is 2.09. The van der Waals surface area contributed by atoms with Gasteiger partial charge in [-0.1, -0.05) is 42.5 Å². The molecule has 16 heavy (non-hydrogen) atoms. The fourth-order valence-electron chi connectivity index (χ4n) is 2.01. The van der Waals surface area contributed by atoms with E-state index in [1.165, 1.54) is 0 Å². The van der Waals surface area contributed by atoms with E-state index in [0.29, 0.717) is 6.42 Å². The van der Waals surface area contributed by atoms with E-state index in [2.05, 4.69) is 12.2 Å². The average Bonchev–Trinajstić information content (AvgIpc) is 2.31. The minimum absolute atomic E-state index is 0.236. The predicted octanol–water partition coefficient (Wildman–Crippen LogP) is 3.46. The van der Waals surface area contributed by atoms with E-state index in [1.807, 2.05) is 37.3 Å². The third-order valence-corrected chi connectivity index (χ3v) is 2.90.